The van der Waals surface area contributed by atoms with Crippen molar-refractivity contribution in [3.05, 3.63) is 66.2 Å². The first kappa shape index (κ1) is 16.8. The fourth-order valence-corrected chi connectivity index (χ4v) is 2.50. The highest BCUT2D eigenvalue weighted by atomic mass is 16.5. The number of amides is 1. The van der Waals surface area contributed by atoms with Gasteiger partial charge >= 0.3 is 0 Å². The van der Waals surface area contributed by atoms with E-state index in [9.17, 15) is 4.79 Å². The summed E-state index contributed by atoms with van der Waals surface area (Å²) in [4.78, 5) is 16.6. The Kier molecular flexibility index (Phi) is 5.46. The molecule has 2 N–H and O–H groups in total. The molecule has 0 unspecified atom stereocenters. The highest BCUT2D eigenvalue weighted by Crippen LogP contribution is 2.14. The van der Waals surface area contributed by atoms with Gasteiger partial charge in [-0.15, -0.1) is 0 Å². The molecule has 0 saturated carbocycles. The van der Waals surface area contributed by atoms with Crippen LogP contribution < -0.4 is 15.4 Å². The van der Waals surface area contributed by atoms with E-state index in [1.54, 1.807) is 24.3 Å². The van der Waals surface area contributed by atoms with E-state index >= 15 is 0 Å². The van der Waals surface area contributed by atoms with Gasteiger partial charge in [-0.2, -0.15) is 0 Å². The number of hydrogen-bond acceptors (Lipinski definition) is 4. The van der Waals surface area contributed by atoms with Crippen LogP contribution in [-0.2, 0) is 0 Å². The van der Waals surface area contributed by atoms with Gasteiger partial charge in [0.05, 0.1) is 12.1 Å². The number of carbonyl (C=O) groups is 1. The van der Waals surface area contributed by atoms with Gasteiger partial charge < -0.3 is 15.4 Å². The first-order chi connectivity index (χ1) is 12.3. The summed E-state index contributed by atoms with van der Waals surface area (Å²) in [7, 11) is 0. The monoisotopic (exact) mass is 335 g/mol. The maximum Gasteiger partial charge on any atom is 0.251 e. The molecule has 0 saturated heterocycles. The number of anilines is 1. The number of para-hydroxylation sites is 1. The zero-order valence-electron chi connectivity index (χ0n) is 14.2. The van der Waals surface area contributed by atoms with Gasteiger partial charge in [-0.3, -0.25) is 4.79 Å². The number of benzene rings is 2. The van der Waals surface area contributed by atoms with E-state index in [-0.39, 0.29) is 5.91 Å². The van der Waals surface area contributed by atoms with Crippen LogP contribution in [0.5, 0.6) is 5.75 Å². The Morgan fingerprint density at radius 2 is 1.80 bits per heavy atom. The third-order valence-corrected chi connectivity index (χ3v) is 3.74. The predicted octanol–water partition coefficient (Wildman–Crippen LogP) is 3.48. The molecule has 25 heavy (non-hydrogen) atoms. The number of nitrogens with one attached hydrogen (secondary N) is 2. The van der Waals surface area contributed by atoms with Crippen molar-refractivity contribution in [2.24, 2.45) is 0 Å². The summed E-state index contributed by atoms with van der Waals surface area (Å²) in [5.41, 5.74) is 1.57. The average Bonchev–Trinajstić information content (AvgIpc) is 2.66. The summed E-state index contributed by atoms with van der Waals surface area (Å²) in [6.45, 7) is 3.66. The number of ether oxygens (including phenoxy) is 1. The summed E-state index contributed by atoms with van der Waals surface area (Å²) in [6.07, 6.45) is 0. The number of fused-ring (bicyclic) bond motifs is 1. The van der Waals surface area contributed by atoms with Crippen LogP contribution in [0.3, 0.4) is 0 Å². The van der Waals surface area contributed by atoms with Crippen molar-refractivity contribution in [3.63, 3.8) is 0 Å². The zero-order valence-corrected chi connectivity index (χ0v) is 14.2. The maximum atomic E-state index is 12.1. The third-order valence-electron chi connectivity index (χ3n) is 3.74. The molecule has 0 radical (unpaired) electrons. The van der Waals surface area contributed by atoms with E-state index < -0.39 is 0 Å². The van der Waals surface area contributed by atoms with Crippen molar-refractivity contribution in [2.45, 2.75) is 6.92 Å². The minimum absolute atomic E-state index is 0.101. The van der Waals surface area contributed by atoms with Gasteiger partial charge in [0, 0.05) is 24.0 Å². The Morgan fingerprint density at radius 3 is 2.60 bits per heavy atom. The van der Waals surface area contributed by atoms with Gasteiger partial charge in [-0.25, -0.2) is 4.98 Å². The van der Waals surface area contributed by atoms with Crippen LogP contribution in [0.2, 0.25) is 0 Å². The number of nitrogens with zero attached hydrogens (tertiary/aromatic N) is 1. The second-order valence-electron chi connectivity index (χ2n) is 5.53. The molecule has 2 aromatic carbocycles. The quantitative estimate of drug-likeness (QED) is 0.649. The van der Waals surface area contributed by atoms with Crippen LogP contribution in [-0.4, -0.2) is 30.6 Å². The molecule has 3 aromatic rings. The Bertz CT molecular complexity index is 847. The van der Waals surface area contributed by atoms with Gasteiger partial charge in [0.25, 0.3) is 5.91 Å². The second-order valence-corrected chi connectivity index (χ2v) is 5.53. The number of pyridine rings is 1. The molecule has 0 aliphatic heterocycles. The molecule has 5 heteroatoms. The lowest BCUT2D eigenvalue weighted by molar-refractivity contribution is 0.0955. The molecule has 0 fully saturated rings. The minimum Gasteiger partial charge on any atom is -0.494 e. The van der Waals surface area contributed by atoms with E-state index in [2.05, 4.69) is 15.6 Å². The summed E-state index contributed by atoms with van der Waals surface area (Å²) in [5.74, 6) is 1.47. The van der Waals surface area contributed by atoms with Crippen molar-refractivity contribution in [1.29, 1.82) is 0 Å². The highest BCUT2D eigenvalue weighted by molar-refractivity contribution is 5.94. The van der Waals surface area contributed by atoms with Crippen molar-refractivity contribution < 1.29 is 9.53 Å². The SMILES string of the molecule is CCOc1ccc(C(=O)NCCNc2ccc3ccccc3n2)cc1. The van der Waals surface area contributed by atoms with E-state index in [1.807, 2.05) is 43.3 Å². The Balaban J connectivity index is 1.47. The van der Waals surface area contributed by atoms with E-state index in [0.29, 0.717) is 25.3 Å². The van der Waals surface area contributed by atoms with Crippen LogP contribution in [0.25, 0.3) is 10.9 Å². The van der Waals surface area contributed by atoms with E-state index in [0.717, 1.165) is 22.5 Å². The van der Waals surface area contributed by atoms with Crippen molar-refractivity contribution in [1.82, 2.24) is 10.3 Å². The van der Waals surface area contributed by atoms with Crippen molar-refractivity contribution in [3.8, 4) is 5.75 Å². The first-order valence-electron chi connectivity index (χ1n) is 8.37. The molecule has 0 spiro atoms. The lowest BCUT2D eigenvalue weighted by Gasteiger charge is -2.09. The Hall–Kier alpha value is -3.08. The zero-order chi connectivity index (χ0) is 17.5. The van der Waals surface area contributed by atoms with Gasteiger partial charge in [-0.1, -0.05) is 18.2 Å². The summed E-state index contributed by atoms with van der Waals surface area (Å²) < 4.78 is 5.37. The third kappa shape index (κ3) is 4.47. The maximum absolute atomic E-state index is 12.1. The van der Waals surface area contributed by atoms with Crippen molar-refractivity contribution in [2.75, 3.05) is 25.0 Å². The second kappa shape index (κ2) is 8.15. The Morgan fingerprint density at radius 1 is 1.00 bits per heavy atom. The summed E-state index contributed by atoms with van der Waals surface area (Å²) in [6, 6.07) is 19.1. The average molecular weight is 335 g/mol. The lowest BCUT2D eigenvalue weighted by atomic mass is 10.2. The number of aromatic nitrogens is 1. The number of rotatable bonds is 7. The van der Waals surface area contributed by atoms with E-state index in [1.165, 1.54) is 0 Å². The number of carbonyl (C=O) groups excluding carboxylic acids is 1. The molecule has 1 amide bonds. The standard InChI is InChI=1S/C20H21N3O2/c1-2-25-17-10-7-16(8-11-17)20(24)22-14-13-21-19-12-9-15-5-3-4-6-18(15)23-19/h3-12H,2,13-14H2,1H3,(H,21,23)(H,22,24). The summed E-state index contributed by atoms with van der Waals surface area (Å²) in [5, 5.41) is 7.22. The fourth-order valence-electron chi connectivity index (χ4n) is 2.50. The van der Waals surface area contributed by atoms with Crippen LogP contribution in [0.4, 0.5) is 5.82 Å². The van der Waals surface area contributed by atoms with Gasteiger partial charge in [0.1, 0.15) is 11.6 Å². The molecule has 0 atom stereocenters. The molecule has 128 valence electrons. The largest absolute Gasteiger partial charge is 0.494 e. The van der Waals surface area contributed by atoms with E-state index in [4.69, 9.17) is 4.74 Å². The number of hydrogen-bond donors (Lipinski definition) is 2. The van der Waals surface area contributed by atoms with Gasteiger partial charge in [-0.05, 0) is 49.4 Å². The van der Waals surface area contributed by atoms with Gasteiger partial charge in [0.15, 0.2) is 0 Å². The molecule has 5 nitrogen and oxygen atoms in total. The van der Waals surface area contributed by atoms with Crippen LogP contribution >= 0.6 is 0 Å². The molecule has 3 rings (SSSR count). The normalized spacial score (nSPS) is 10.4. The lowest BCUT2D eigenvalue weighted by Crippen LogP contribution is -2.28. The molecule has 0 aliphatic carbocycles. The first-order valence-corrected chi connectivity index (χ1v) is 8.37. The molecule has 1 heterocycles. The summed E-state index contributed by atoms with van der Waals surface area (Å²) >= 11 is 0. The topological polar surface area (TPSA) is 63.2 Å². The molecular weight excluding hydrogens is 314 g/mol. The van der Waals surface area contributed by atoms with Gasteiger partial charge in [0.2, 0.25) is 0 Å². The fraction of sp³-hybridized carbons (Fsp3) is 0.200. The van der Waals surface area contributed by atoms with Crippen LogP contribution in [0, 0.1) is 0 Å². The predicted molar refractivity (Wildman–Crippen MR) is 100 cm³/mol. The van der Waals surface area contributed by atoms with Crippen LogP contribution in [0.15, 0.2) is 60.7 Å². The molecule has 0 bridgehead atoms. The minimum atomic E-state index is -0.101. The molecular formula is C20H21N3O2. The van der Waals surface area contributed by atoms with Crippen LogP contribution in [0.1, 0.15) is 17.3 Å². The smallest absolute Gasteiger partial charge is 0.251 e. The highest BCUT2D eigenvalue weighted by Gasteiger charge is 2.05. The molecule has 1 aromatic heterocycles. The van der Waals surface area contributed by atoms with Crippen molar-refractivity contribution >= 4 is 22.6 Å². The molecule has 0 aliphatic rings. The Labute approximate surface area is 147 Å².